The Morgan fingerprint density at radius 3 is 1.90 bits per heavy atom. The first-order valence-corrected chi connectivity index (χ1v) is 15.0. The molecule has 0 saturated heterocycles. The fraction of sp³-hybridized carbons (Fsp3) is 0.448. The van der Waals surface area contributed by atoms with Gasteiger partial charge in [-0.15, -0.1) is 0 Å². The maximum absolute atomic E-state index is 2.53. The lowest BCUT2D eigenvalue weighted by Gasteiger charge is -2.23. The number of hydrogen-bond acceptors (Lipinski definition) is 0. The smallest absolute Gasteiger partial charge is 0.0772 e. The van der Waals surface area contributed by atoms with E-state index in [4.69, 9.17) is 0 Å². The van der Waals surface area contributed by atoms with Gasteiger partial charge in [0, 0.05) is 0 Å². The topological polar surface area (TPSA) is 0 Å². The Bertz CT molecular complexity index is 1070. The average Bonchev–Trinajstić information content (AvgIpc) is 3.23. The van der Waals surface area contributed by atoms with Gasteiger partial charge < -0.3 is 0 Å². The molecule has 0 unspecified atom stereocenters. The van der Waals surface area contributed by atoms with Crippen molar-refractivity contribution in [2.45, 2.75) is 84.9 Å². The molecule has 0 heterocycles. The van der Waals surface area contributed by atoms with E-state index in [1.807, 2.05) is 0 Å². The molecule has 158 valence electrons. The van der Waals surface area contributed by atoms with Crippen LogP contribution in [0.3, 0.4) is 0 Å². The van der Waals surface area contributed by atoms with Gasteiger partial charge in [0.1, 0.15) is 0 Å². The molecule has 0 saturated carbocycles. The number of allylic oxidation sites excluding steroid dienone is 4. The van der Waals surface area contributed by atoms with Crippen molar-refractivity contribution in [3.8, 4) is 11.1 Å². The van der Waals surface area contributed by atoms with Crippen molar-refractivity contribution in [2.24, 2.45) is 0 Å². The van der Waals surface area contributed by atoms with Crippen molar-refractivity contribution in [3.05, 3.63) is 75.5 Å². The van der Waals surface area contributed by atoms with Gasteiger partial charge in [0.25, 0.3) is 0 Å². The van der Waals surface area contributed by atoms with E-state index in [0.29, 0.717) is 0 Å². The third-order valence-electron chi connectivity index (χ3n) is 6.83. The normalized spacial score (nSPS) is 16.3. The summed E-state index contributed by atoms with van der Waals surface area (Å²) in [5, 5.41) is 1.61. The predicted molar refractivity (Wildman–Crippen MR) is 136 cm³/mol. The van der Waals surface area contributed by atoms with Crippen LogP contribution in [0.1, 0.15) is 75.8 Å². The van der Waals surface area contributed by atoms with E-state index in [9.17, 15) is 0 Å². The van der Waals surface area contributed by atoms with Gasteiger partial charge in [-0.3, -0.25) is 0 Å². The highest BCUT2D eigenvalue weighted by atomic mass is 28.3. The molecule has 0 radical (unpaired) electrons. The predicted octanol–water partition coefficient (Wildman–Crippen LogP) is 8.44. The Hall–Kier alpha value is -1.86. The zero-order valence-corrected chi connectivity index (χ0v) is 21.5. The van der Waals surface area contributed by atoms with E-state index >= 15 is 0 Å². The van der Waals surface area contributed by atoms with Gasteiger partial charge in [-0.25, -0.2) is 0 Å². The monoisotopic (exact) mass is 414 g/mol. The number of fused-ring (bicyclic) bond motifs is 3. The third-order valence-corrected chi connectivity index (χ3v) is 8.91. The summed E-state index contributed by atoms with van der Waals surface area (Å²) in [4.78, 5) is 0. The fourth-order valence-corrected chi connectivity index (χ4v) is 6.02. The van der Waals surface area contributed by atoms with Crippen molar-refractivity contribution < 1.29 is 0 Å². The zero-order valence-electron chi connectivity index (χ0n) is 20.5. The molecule has 0 atom stereocenters. The van der Waals surface area contributed by atoms with Crippen LogP contribution in [0.25, 0.3) is 16.7 Å². The average molecular weight is 415 g/mol. The first kappa shape index (κ1) is 21.4. The maximum Gasteiger partial charge on any atom is 0.0772 e. The van der Waals surface area contributed by atoms with Crippen molar-refractivity contribution >= 4 is 13.6 Å². The number of benzene rings is 2. The SMILES string of the molecule is CC(C)(C)c1ccc2c(c1)-c1cc(C(C)(C)C)cc(C3=CC([Si](C)(C)C)=CC3)c1C2. The van der Waals surface area contributed by atoms with Crippen molar-refractivity contribution in [2.75, 3.05) is 0 Å². The van der Waals surface area contributed by atoms with Crippen molar-refractivity contribution in [3.63, 3.8) is 0 Å². The molecule has 4 rings (SSSR count). The molecular formula is C29H38Si. The molecule has 0 amide bonds. The second-order valence-electron chi connectivity index (χ2n) is 12.4. The Morgan fingerprint density at radius 2 is 1.33 bits per heavy atom. The molecule has 0 bridgehead atoms. The van der Waals surface area contributed by atoms with Crippen LogP contribution in [-0.4, -0.2) is 8.07 Å². The lowest BCUT2D eigenvalue weighted by atomic mass is 9.81. The van der Waals surface area contributed by atoms with E-state index in [0.717, 1.165) is 12.8 Å². The Morgan fingerprint density at radius 1 is 0.733 bits per heavy atom. The molecule has 2 aromatic rings. The van der Waals surface area contributed by atoms with E-state index in [1.54, 1.807) is 10.8 Å². The van der Waals surface area contributed by atoms with Crippen LogP contribution in [0.4, 0.5) is 0 Å². The molecule has 2 aliphatic carbocycles. The Balaban J connectivity index is 1.90. The number of hydrogen-bond donors (Lipinski definition) is 0. The molecule has 30 heavy (non-hydrogen) atoms. The summed E-state index contributed by atoms with van der Waals surface area (Å²) in [6.45, 7) is 21.3. The minimum atomic E-state index is -1.28. The highest BCUT2D eigenvalue weighted by Crippen LogP contribution is 2.46. The lowest BCUT2D eigenvalue weighted by molar-refractivity contribution is 0.589. The standard InChI is InChI=1S/C29H38Si/c1-28(2,3)21-12-10-20-15-26-25(19-11-13-23(14-19)30(7,8)9)17-22(29(4,5)6)18-27(26)24(20)16-21/h10,12-14,16-18H,11,15H2,1-9H3. The highest BCUT2D eigenvalue weighted by Gasteiger charge is 2.29. The molecule has 0 aliphatic heterocycles. The van der Waals surface area contributed by atoms with E-state index in [2.05, 4.69) is 104 Å². The van der Waals surface area contributed by atoms with Crippen LogP contribution in [0.15, 0.2) is 47.7 Å². The van der Waals surface area contributed by atoms with Crippen LogP contribution < -0.4 is 0 Å². The Kier molecular flexibility index (Phi) is 4.86. The molecule has 0 N–H and O–H groups in total. The van der Waals surface area contributed by atoms with Crippen molar-refractivity contribution in [1.29, 1.82) is 0 Å². The van der Waals surface area contributed by atoms with Crippen LogP contribution in [0.2, 0.25) is 19.6 Å². The molecule has 0 nitrogen and oxygen atoms in total. The van der Waals surface area contributed by atoms with Gasteiger partial charge in [-0.05, 0) is 68.2 Å². The highest BCUT2D eigenvalue weighted by molar-refractivity contribution is 6.84. The first-order valence-electron chi connectivity index (χ1n) is 11.5. The summed E-state index contributed by atoms with van der Waals surface area (Å²) in [6, 6.07) is 12.2. The summed E-state index contributed by atoms with van der Waals surface area (Å²) < 4.78 is 0. The van der Waals surface area contributed by atoms with Gasteiger partial charge in [0.15, 0.2) is 0 Å². The summed E-state index contributed by atoms with van der Waals surface area (Å²) >= 11 is 0. The summed E-state index contributed by atoms with van der Waals surface area (Å²) in [5.41, 5.74) is 12.2. The minimum absolute atomic E-state index is 0.141. The summed E-state index contributed by atoms with van der Waals surface area (Å²) in [7, 11) is -1.28. The van der Waals surface area contributed by atoms with Crippen molar-refractivity contribution in [1.82, 2.24) is 0 Å². The van der Waals surface area contributed by atoms with Crippen LogP contribution in [0.5, 0.6) is 0 Å². The van der Waals surface area contributed by atoms with Gasteiger partial charge >= 0.3 is 0 Å². The second kappa shape index (κ2) is 6.82. The minimum Gasteiger partial charge on any atom is -0.0808 e. The quantitative estimate of drug-likeness (QED) is 0.369. The Labute approximate surface area is 185 Å². The zero-order chi connectivity index (χ0) is 22.1. The van der Waals surface area contributed by atoms with Crippen LogP contribution in [0, 0.1) is 0 Å². The largest absolute Gasteiger partial charge is 0.0808 e. The van der Waals surface area contributed by atoms with E-state index in [1.165, 1.54) is 39.0 Å². The van der Waals surface area contributed by atoms with Crippen LogP contribution in [-0.2, 0) is 17.3 Å². The molecule has 2 aliphatic rings. The molecule has 0 aromatic heterocycles. The molecule has 1 heteroatoms. The number of rotatable bonds is 2. The van der Waals surface area contributed by atoms with Crippen LogP contribution >= 0.6 is 0 Å². The van der Waals surface area contributed by atoms with E-state index < -0.39 is 8.07 Å². The molecule has 2 aromatic carbocycles. The molecule has 0 fully saturated rings. The summed E-state index contributed by atoms with van der Waals surface area (Å²) in [5.74, 6) is 0. The van der Waals surface area contributed by atoms with E-state index in [-0.39, 0.29) is 10.8 Å². The molecular weight excluding hydrogens is 376 g/mol. The lowest BCUT2D eigenvalue weighted by Crippen LogP contribution is -2.21. The summed E-state index contributed by atoms with van der Waals surface area (Å²) in [6.07, 6.45) is 7.17. The van der Waals surface area contributed by atoms with Gasteiger partial charge in [-0.2, -0.15) is 0 Å². The molecule has 0 spiro atoms. The van der Waals surface area contributed by atoms with Gasteiger partial charge in [0.2, 0.25) is 0 Å². The maximum atomic E-state index is 2.53. The van der Waals surface area contributed by atoms with Gasteiger partial charge in [-0.1, -0.05) is 109 Å². The second-order valence-corrected chi connectivity index (χ2v) is 17.5. The first-order chi connectivity index (χ1) is 13.7. The third kappa shape index (κ3) is 3.78. The van der Waals surface area contributed by atoms with Gasteiger partial charge in [0.05, 0.1) is 8.07 Å². The fourth-order valence-electron chi connectivity index (χ4n) is 4.70.